The molecule has 0 spiro atoms. The molecular weight excluding hydrogens is 226 g/mol. The van der Waals surface area contributed by atoms with Gasteiger partial charge in [0, 0.05) is 12.2 Å². The van der Waals surface area contributed by atoms with Gasteiger partial charge in [0.1, 0.15) is 0 Å². The zero-order valence-electron chi connectivity index (χ0n) is 11.7. The molecule has 1 unspecified atom stereocenters. The highest BCUT2D eigenvalue weighted by Gasteiger charge is 2.13. The van der Waals surface area contributed by atoms with Crippen molar-refractivity contribution in [1.29, 1.82) is 0 Å². The number of nitrogens with one attached hydrogen (secondary N) is 1. The molecule has 0 bridgehead atoms. The maximum atomic E-state index is 11.4. The lowest BCUT2D eigenvalue weighted by Crippen LogP contribution is -2.22. The molecule has 0 heterocycles. The Morgan fingerprint density at radius 3 is 2.33 bits per heavy atom. The van der Waals surface area contributed by atoms with E-state index in [9.17, 15) is 4.79 Å². The van der Waals surface area contributed by atoms with Gasteiger partial charge in [-0.05, 0) is 30.5 Å². The maximum absolute atomic E-state index is 11.4. The quantitative estimate of drug-likeness (QED) is 0.785. The van der Waals surface area contributed by atoms with Crippen LogP contribution in [-0.4, -0.2) is 19.1 Å². The Morgan fingerprint density at radius 2 is 1.83 bits per heavy atom. The van der Waals surface area contributed by atoms with Crippen molar-refractivity contribution >= 4 is 11.7 Å². The predicted octanol–water partition coefficient (Wildman–Crippen LogP) is 3.42. The van der Waals surface area contributed by atoms with E-state index in [1.54, 1.807) is 0 Å². The molecule has 0 radical (unpaired) electrons. The van der Waals surface area contributed by atoms with Crippen molar-refractivity contribution in [2.24, 2.45) is 5.92 Å². The standard InChI is InChI=1S/C15H23NO2/c1-5-18-15(17)12(4)10-16-14-8-6-13(7-9-14)11(2)3/h6-9,11-12,16H,5,10H2,1-4H3. The summed E-state index contributed by atoms with van der Waals surface area (Å²) in [5, 5.41) is 3.25. The van der Waals surface area contributed by atoms with Crippen LogP contribution in [0.1, 0.15) is 39.2 Å². The molecule has 3 heteroatoms. The lowest BCUT2D eigenvalue weighted by atomic mass is 10.0. The first-order valence-electron chi connectivity index (χ1n) is 6.55. The van der Waals surface area contributed by atoms with Crippen molar-refractivity contribution < 1.29 is 9.53 Å². The van der Waals surface area contributed by atoms with Gasteiger partial charge < -0.3 is 10.1 Å². The molecule has 0 fully saturated rings. The van der Waals surface area contributed by atoms with E-state index >= 15 is 0 Å². The number of rotatable bonds is 6. The number of hydrogen-bond donors (Lipinski definition) is 1. The highest BCUT2D eigenvalue weighted by molar-refractivity contribution is 5.72. The van der Waals surface area contributed by atoms with Crippen LogP contribution >= 0.6 is 0 Å². The Kier molecular flexibility index (Phi) is 5.69. The fourth-order valence-electron chi connectivity index (χ4n) is 1.62. The molecular formula is C15H23NO2. The number of carbonyl (C=O) groups is 1. The van der Waals surface area contributed by atoms with Gasteiger partial charge >= 0.3 is 5.97 Å². The van der Waals surface area contributed by atoms with E-state index in [4.69, 9.17) is 4.74 Å². The van der Waals surface area contributed by atoms with Crippen molar-refractivity contribution in [2.75, 3.05) is 18.5 Å². The summed E-state index contributed by atoms with van der Waals surface area (Å²) < 4.78 is 4.96. The van der Waals surface area contributed by atoms with E-state index in [2.05, 4.69) is 31.3 Å². The van der Waals surface area contributed by atoms with Gasteiger partial charge in [0.2, 0.25) is 0 Å². The molecule has 0 aliphatic carbocycles. The lowest BCUT2D eigenvalue weighted by molar-refractivity contribution is -0.146. The second kappa shape index (κ2) is 7.04. The molecule has 18 heavy (non-hydrogen) atoms. The van der Waals surface area contributed by atoms with Gasteiger partial charge in [0.05, 0.1) is 12.5 Å². The van der Waals surface area contributed by atoms with Crippen molar-refractivity contribution in [1.82, 2.24) is 0 Å². The van der Waals surface area contributed by atoms with Gasteiger partial charge in [-0.2, -0.15) is 0 Å². The summed E-state index contributed by atoms with van der Waals surface area (Å²) in [4.78, 5) is 11.4. The average Bonchev–Trinajstić information content (AvgIpc) is 2.36. The Morgan fingerprint density at radius 1 is 1.22 bits per heavy atom. The zero-order valence-corrected chi connectivity index (χ0v) is 11.7. The fourth-order valence-corrected chi connectivity index (χ4v) is 1.62. The van der Waals surface area contributed by atoms with Crippen LogP contribution in [0, 0.1) is 5.92 Å². The molecule has 3 nitrogen and oxygen atoms in total. The molecule has 1 aromatic rings. The maximum Gasteiger partial charge on any atom is 0.310 e. The van der Waals surface area contributed by atoms with Crippen LogP contribution < -0.4 is 5.32 Å². The first kappa shape index (κ1) is 14.6. The Balaban J connectivity index is 2.46. The smallest absolute Gasteiger partial charge is 0.310 e. The molecule has 0 saturated heterocycles. The topological polar surface area (TPSA) is 38.3 Å². The van der Waals surface area contributed by atoms with E-state index in [-0.39, 0.29) is 11.9 Å². The summed E-state index contributed by atoms with van der Waals surface area (Å²) in [6, 6.07) is 8.32. The third-order valence-corrected chi connectivity index (χ3v) is 2.88. The number of carbonyl (C=O) groups excluding carboxylic acids is 1. The molecule has 1 atom stereocenters. The van der Waals surface area contributed by atoms with Crippen LogP contribution in [0.25, 0.3) is 0 Å². The third kappa shape index (κ3) is 4.40. The van der Waals surface area contributed by atoms with Crippen LogP contribution in [-0.2, 0) is 9.53 Å². The number of esters is 1. The van der Waals surface area contributed by atoms with E-state index in [0.29, 0.717) is 19.1 Å². The highest BCUT2D eigenvalue weighted by atomic mass is 16.5. The van der Waals surface area contributed by atoms with Crippen molar-refractivity contribution in [3.8, 4) is 0 Å². The Hall–Kier alpha value is -1.51. The second-order valence-corrected chi connectivity index (χ2v) is 4.81. The first-order chi connectivity index (χ1) is 8.54. The zero-order chi connectivity index (χ0) is 13.5. The normalized spacial score (nSPS) is 12.3. The first-order valence-corrected chi connectivity index (χ1v) is 6.55. The SMILES string of the molecule is CCOC(=O)C(C)CNc1ccc(C(C)C)cc1. The van der Waals surface area contributed by atoms with Crippen LogP contribution in [0.15, 0.2) is 24.3 Å². The third-order valence-electron chi connectivity index (χ3n) is 2.88. The molecule has 1 N–H and O–H groups in total. The number of anilines is 1. The van der Waals surface area contributed by atoms with E-state index < -0.39 is 0 Å². The largest absolute Gasteiger partial charge is 0.466 e. The molecule has 100 valence electrons. The van der Waals surface area contributed by atoms with Gasteiger partial charge in [0.15, 0.2) is 0 Å². The minimum absolute atomic E-state index is 0.130. The summed E-state index contributed by atoms with van der Waals surface area (Å²) in [6.07, 6.45) is 0. The van der Waals surface area contributed by atoms with Crippen molar-refractivity contribution in [2.45, 2.75) is 33.6 Å². The summed E-state index contributed by atoms with van der Waals surface area (Å²) in [5.41, 5.74) is 2.36. The van der Waals surface area contributed by atoms with E-state index in [1.807, 2.05) is 26.0 Å². The number of ether oxygens (including phenoxy) is 1. The monoisotopic (exact) mass is 249 g/mol. The van der Waals surface area contributed by atoms with Gasteiger partial charge in [-0.15, -0.1) is 0 Å². The molecule has 0 amide bonds. The summed E-state index contributed by atoms with van der Waals surface area (Å²) in [5.74, 6) is 0.260. The van der Waals surface area contributed by atoms with Crippen LogP contribution in [0.2, 0.25) is 0 Å². The number of hydrogen-bond acceptors (Lipinski definition) is 3. The number of benzene rings is 1. The van der Waals surface area contributed by atoms with Crippen LogP contribution in [0.5, 0.6) is 0 Å². The van der Waals surface area contributed by atoms with E-state index in [1.165, 1.54) is 5.56 Å². The van der Waals surface area contributed by atoms with Crippen LogP contribution in [0.4, 0.5) is 5.69 Å². The molecule has 0 aliphatic rings. The molecule has 0 saturated carbocycles. The summed E-state index contributed by atoms with van der Waals surface area (Å²) >= 11 is 0. The Labute approximate surface area is 110 Å². The minimum atomic E-state index is -0.149. The van der Waals surface area contributed by atoms with E-state index in [0.717, 1.165) is 5.69 Å². The average molecular weight is 249 g/mol. The van der Waals surface area contributed by atoms with Crippen LogP contribution in [0.3, 0.4) is 0 Å². The molecule has 0 aromatic heterocycles. The summed E-state index contributed by atoms with van der Waals surface area (Å²) in [7, 11) is 0. The molecule has 1 aromatic carbocycles. The minimum Gasteiger partial charge on any atom is -0.466 e. The summed E-state index contributed by atoms with van der Waals surface area (Å²) in [6.45, 7) is 9.07. The van der Waals surface area contributed by atoms with Gasteiger partial charge in [-0.25, -0.2) is 0 Å². The van der Waals surface area contributed by atoms with Crippen molar-refractivity contribution in [3.05, 3.63) is 29.8 Å². The van der Waals surface area contributed by atoms with Gasteiger partial charge in [-0.1, -0.05) is 32.9 Å². The molecule has 0 aliphatic heterocycles. The van der Waals surface area contributed by atoms with Crippen molar-refractivity contribution in [3.63, 3.8) is 0 Å². The predicted molar refractivity (Wildman–Crippen MR) is 74.8 cm³/mol. The fraction of sp³-hybridized carbons (Fsp3) is 0.533. The molecule has 1 rings (SSSR count). The van der Waals surface area contributed by atoms with Gasteiger partial charge in [0.25, 0.3) is 0 Å². The highest BCUT2D eigenvalue weighted by Crippen LogP contribution is 2.17. The Bertz CT molecular complexity index is 371. The lowest BCUT2D eigenvalue weighted by Gasteiger charge is -2.13. The van der Waals surface area contributed by atoms with Gasteiger partial charge in [-0.3, -0.25) is 4.79 Å². The second-order valence-electron chi connectivity index (χ2n) is 4.81.